The van der Waals surface area contributed by atoms with Crippen molar-refractivity contribution in [3.8, 4) is 11.5 Å². The van der Waals surface area contributed by atoms with Gasteiger partial charge in [0.15, 0.2) is 11.5 Å². The Morgan fingerprint density at radius 1 is 1.28 bits per heavy atom. The fraction of sp³-hybridized carbons (Fsp3) is 0.609. The minimum Gasteiger partial charge on any atom is -0.454 e. The molecule has 0 radical (unpaired) electrons. The lowest BCUT2D eigenvalue weighted by atomic mass is 9.56. The van der Waals surface area contributed by atoms with E-state index >= 15 is 0 Å². The third-order valence-corrected chi connectivity index (χ3v) is 6.97. The Morgan fingerprint density at radius 2 is 2.07 bits per heavy atom. The largest absolute Gasteiger partial charge is 0.454 e. The van der Waals surface area contributed by atoms with Crippen molar-refractivity contribution in [3.05, 3.63) is 35.4 Å². The van der Waals surface area contributed by atoms with E-state index in [-0.39, 0.29) is 36.2 Å². The monoisotopic (exact) mass is 401 g/mol. The van der Waals surface area contributed by atoms with E-state index in [2.05, 4.69) is 38.2 Å². The molecule has 1 aromatic carbocycles. The van der Waals surface area contributed by atoms with Crippen molar-refractivity contribution in [1.82, 2.24) is 5.32 Å². The van der Waals surface area contributed by atoms with Crippen LogP contribution in [0.1, 0.15) is 45.8 Å². The van der Waals surface area contributed by atoms with Crippen LogP contribution in [0, 0.1) is 23.2 Å². The van der Waals surface area contributed by atoms with Crippen LogP contribution in [0.5, 0.6) is 11.5 Å². The molecule has 2 aliphatic heterocycles. The molecule has 1 fully saturated rings. The molecule has 1 aromatic rings. The number of amides is 1. The molecule has 0 saturated carbocycles. The van der Waals surface area contributed by atoms with Crippen molar-refractivity contribution in [2.75, 3.05) is 26.6 Å². The van der Waals surface area contributed by atoms with Crippen molar-refractivity contribution < 1.29 is 23.7 Å². The molecule has 0 aromatic heterocycles. The highest BCUT2D eigenvalue weighted by molar-refractivity contribution is 5.67. The molecule has 3 aliphatic rings. The van der Waals surface area contributed by atoms with E-state index in [1.807, 2.05) is 19.1 Å². The number of alkyl carbamates (subject to hydrolysis) is 1. The van der Waals surface area contributed by atoms with Crippen LogP contribution in [0.4, 0.5) is 4.79 Å². The maximum Gasteiger partial charge on any atom is 0.407 e. The van der Waals surface area contributed by atoms with E-state index in [4.69, 9.17) is 18.9 Å². The summed E-state index contributed by atoms with van der Waals surface area (Å²) in [6.45, 7) is 10.5. The lowest BCUT2D eigenvalue weighted by molar-refractivity contribution is -0.165. The molecule has 2 bridgehead atoms. The van der Waals surface area contributed by atoms with Gasteiger partial charge in [-0.25, -0.2) is 4.79 Å². The summed E-state index contributed by atoms with van der Waals surface area (Å²) in [7, 11) is 0. The summed E-state index contributed by atoms with van der Waals surface area (Å²) in [5.41, 5.74) is 2.21. The van der Waals surface area contributed by atoms with Crippen molar-refractivity contribution in [3.63, 3.8) is 0 Å². The molecule has 4 rings (SSSR count). The summed E-state index contributed by atoms with van der Waals surface area (Å²) < 4.78 is 23.1. The number of nitrogens with one attached hydrogen (secondary N) is 1. The van der Waals surface area contributed by atoms with Gasteiger partial charge in [-0.3, -0.25) is 0 Å². The lowest BCUT2D eigenvalue weighted by Gasteiger charge is -2.55. The molecule has 1 amide bonds. The first-order valence-corrected chi connectivity index (χ1v) is 10.6. The molecular formula is C23H31NO5. The second-order valence-corrected chi connectivity index (χ2v) is 8.59. The molecule has 1 saturated heterocycles. The zero-order chi connectivity index (χ0) is 20.6. The van der Waals surface area contributed by atoms with E-state index in [9.17, 15) is 4.79 Å². The van der Waals surface area contributed by atoms with Crippen LogP contribution in [0.15, 0.2) is 29.8 Å². The molecule has 0 spiro atoms. The molecule has 2 heterocycles. The summed E-state index contributed by atoms with van der Waals surface area (Å²) in [6.07, 6.45) is 2.82. The van der Waals surface area contributed by atoms with Crippen LogP contribution in [-0.4, -0.2) is 32.6 Å². The molecule has 6 heteroatoms. The summed E-state index contributed by atoms with van der Waals surface area (Å²) in [5.74, 6) is 2.36. The normalized spacial score (nSPS) is 32.5. The number of hydrogen-bond donors (Lipinski definition) is 1. The lowest BCUT2D eigenvalue weighted by Crippen LogP contribution is -2.54. The first-order chi connectivity index (χ1) is 14.0. The van der Waals surface area contributed by atoms with Gasteiger partial charge in [-0.05, 0) is 42.9 Å². The number of allylic oxidation sites excluding steroid dienone is 1. The van der Waals surface area contributed by atoms with Gasteiger partial charge < -0.3 is 24.3 Å². The van der Waals surface area contributed by atoms with Crippen LogP contribution < -0.4 is 14.8 Å². The van der Waals surface area contributed by atoms with Gasteiger partial charge in [0, 0.05) is 17.9 Å². The second-order valence-electron chi connectivity index (χ2n) is 8.59. The van der Waals surface area contributed by atoms with Crippen molar-refractivity contribution >= 4 is 6.09 Å². The Labute approximate surface area is 172 Å². The highest BCUT2D eigenvalue weighted by Crippen LogP contribution is 2.56. The number of ether oxygens (including phenoxy) is 4. The van der Waals surface area contributed by atoms with E-state index in [0.29, 0.717) is 25.7 Å². The van der Waals surface area contributed by atoms with E-state index in [1.165, 1.54) is 5.57 Å². The highest BCUT2D eigenvalue weighted by Gasteiger charge is 2.54. The van der Waals surface area contributed by atoms with Crippen LogP contribution in [0.25, 0.3) is 0 Å². The van der Waals surface area contributed by atoms with Crippen molar-refractivity contribution in [1.29, 1.82) is 0 Å². The van der Waals surface area contributed by atoms with Gasteiger partial charge in [-0.2, -0.15) is 0 Å². The standard InChI is InChI=1S/C23H31NO5/c1-5-8-24-22(25)27-12-23-11-26-21(20(16(23)4)14(2)9-15(23)3)17-6-7-18-19(10-17)29-13-28-18/h6-7,9-10,15-16,20-21H,5,8,11-13H2,1-4H3,(H,24,25)/t15-,16+,20-,21+,23-/m0/s1. The summed E-state index contributed by atoms with van der Waals surface area (Å²) in [4.78, 5) is 12.1. The fourth-order valence-electron chi connectivity index (χ4n) is 5.13. The summed E-state index contributed by atoms with van der Waals surface area (Å²) in [6, 6.07) is 6.06. The van der Waals surface area contributed by atoms with E-state index in [0.717, 1.165) is 23.5 Å². The first-order valence-electron chi connectivity index (χ1n) is 10.6. The van der Waals surface area contributed by atoms with Crippen LogP contribution >= 0.6 is 0 Å². The minimum atomic E-state index is -0.346. The predicted molar refractivity (Wildman–Crippen MR) is 109 cm³/mol. The van der Waals surface area contributed by atoms with E-state index in [1.54, 1.807) is 0 Å². The number of carbonyl (C=O) groups excluding carboxylic acids is 1. The van der Waals surface area contributed by atoms with Crippen molar-refractivity contribution in [2.45, 2.75) is 40.2 Å². The minimum absolute atomic E-state index is 0.0507. The number of carbonyl (C=O) groups is 1. The zero-order valence-electron chi connectivity index (χ0n) is 17.7. The van der Waals surface area contributed by atoms with Crippen LogP contribution in [-0.2, 0) is 9.47 Å². The SMILES string of the molecule is CCCNC(=O)OC[C@@]12CO[C@H](c3ccc4c(c3)OCO4)[C@@H](C(C)=C[C@@H]1C)[C@H]2C. The number of fused-ring (bicyclic) bond motifs is 3. The fourth-order valence-corrected chi connectivity index (χ4v) is 5.13. The van der Waals surface area contributed by atoms with Gasteiger partial charge in [0.05, 0.1) is 12.7 Å². The van der Waals surface area contributed by atoms with E-state index < -0.39 is 0 Å². The first kappa shape index (κ1) is 20.1. The van der Waals surface area contributed by atoms with Crippen LogP contribution in [0.3, 0.4) is 0 Å². The average Bonchev–Trinajstić information content (AvgIpc) is 3.17. The molecule has 1 aliphatic carbocycles. The van der Waals surface area contributed by atoms with Gasteiger partial charge in [0.1, 0.15) is 6.61 Å². The third-order valence-electron chi connectivity index (χ3n) is 6.97. The molecule has 1 N–H and O–H groups in total. The van der Waals surface area contributed by atoms with Gasteiger partial charge >= 0.3 is 6.09 Å². The Morgan fingerprint density at radius 3 is 2.86 bits per heavy atom. The molecule has 0 unspecified atom stereocenters. The quantitative estimate of drug-likeness (QED) is 0.738. The third kappa shape index (κ3) is 3.48. The van der Waals surface area contributed by atoms with Gasteiger partial charge in [-0.1, -0.05) is 38.5 Å². The number of hydrogen-bond acceptors (Lipinski definition) is 5. The summed E-state index contributed by atoms with van der Waals surface area (Å²) >= 11 is 0. The topological polar surface area (TPSA) is 66.0 Å². The number of benzene rings is 1. The maximum atomic E-state index is 12.1. The van der Waals surface area contributed by atoms with Crippen LogP contribution in [0.2, 0.25) is 0 Å². The average molecular weight is 402 g/mol. The Bertz CT molecular complexity index is 806. The maximum absolute atomic E-state index is 12.1. The summed E-state index contributed by atoms with van der Waals surface area (Å²) in [5, 5.41) is 2.80. The Kier molecular flexibility index (Phi) is 5.47. The second kappa shape index (κ2) is 7.90. The van der Waals surface area contributed by atoms with Gasteiger partial charge in [-0.15, -0.1) is 0 Å². The Balaban J connectivity index is 1.57. The molecule has 29 heavy (non-hydrogen) atoms. The van der Waals surface area contributed by atoms with Crippen molar-refractivity contribution in [2.24, 2.45) is 23.2 Å². The predicted octanol–water partition coefficient (Wildman–Crippen LogP) is 4.46. The molecule has 5 atom stereocenters. The molecule has 158 valence electrons. The van der Waals surface area contributed by atoms with Gasteiger partial charge in [0.25, 0.3) is 0 Å². The molecular weight excluding hydrogens is 370 g/mol. The highest BCUT2D eigenvalue weighted by atomic mass is 16.7. The smallest absolute Gasteiger partial charge is 0.407 e. The zero-order valence-corrected chi connectivity index (χ0v) is 17.7. The number of rotatable bonds is 5. The Hall–Kier alpha value is -2.21. The van der Waals surface area contributed by atoms with Gasteiger partial charge in [0.2, 0.25) is 6.79 Å². The molecule has 6 nitrogen and oxygen atoms in total.